The van der Waals surface area contributed by atoms with E-state index in [4.69, 9.17) is 5.73 Å². The highest BCUT2D eigenvalue weighted by molar-refractivity contribution is 5.39. The number of rotatable bonds is 4. The maximum Gasteiger partial charge on any atom is 0.0648 e. The number of aromatic nitrogens is 2. The van der Waals surface area contributed by atoms with Gasteiger partial charge in [-0.05, 0) is 49.1 Å². The largest absolute Gasteiger partial charge is 0.327 e. The second-order valence-electron chi connectivity index (χ2n) is 4.43. The number of hydrogen-bond acceptors (Lipinski definition) is 2. The monoisotopic (exact) mass is 229 g/mol. The van der Waals surface area contributed by atoms with E-state index >= 15 is 0 Å². The first-order valence-corrected chi connectivity index (χ1v) is 6.06. The molecule has 3 nitrogen and oxygen atoms in total. The van der Waals surface area contributed by atoms with Gasteiger partial charge in [0.15, 0.2) is 0 Å². The Morgan fingerprint density at radius 2 is 2.24 bits per heavy atom. The average Bonchev–Trinajstić information content (AvgIpc) is 2.85. The van der Waals surface area contributed by atoms with Gasteiger partial charge < -0.3 is 5.73 Å². The van der Waals surface area contributed by atoms with Gasteiger partial charge >= 0.3 is 0 Å². The molecule has 1 atom stereocenters. The summed E-state index contributed by atoms with van der Waals surface area (Å²) in [4.78, 5) is 0. The highest BCUT2D eigenvalue weighted by atomic mass is 15.3. The van der Waals surface area contributed by atoms with Crippen LogP contribution in [0, 0.1) is 6.92 Å². The van der Waals surface area contributed by atoms with E-state index in [2.05, 4.69) is 37.1 Å². The molecule has 0 spiro atoms. The van der Waals surface area contributed by atoms with Crippen molar-refractivity contribution in [2.45, 2.75) is 32.7 Å². The molecule has 1 aromatic heterocycles. The summed E-state index contributed by atoms with van der Waals surface area (Å²) >= 11 is 0. The van der Waals surface area contributed by atoms with Crippen LogP contribution in [0.3, 0.4) is 0 Å². The predicted octanol–water partition coefficient (Wildman–Crippen LogP) is 2.46. The fraction of sp³-hybridized carbons (Fsp3) is 0.357. The lowest BCUT2D eigenvalue weighted by Crippen LogP contribution is -2.21. The van der Waals surface area contributed by atoms with Crippen molar-refractivity contribution in [2.75, 3.05) is 0 Å². The SMILES string of the molecule is CCC(N)Cc1ccc(-n2cccn2)cc1C. The Morgan fingerprint density at radius 3 is 2.82 bits per heavy atom. The first-order chi connectivity index (χ1) is 8.20. The zero-order valence-electron chi connectivity index (χ0n) is 10.4. The van der Waals surface area contributed by atoms with Crippen molar-refractivity contribution >= 4 is 0 Å². The van der Waals surface area contributed by atoms with Crippen LogP contribution in [0.2, 0.25) is 0 Å². The smallest absolute Gasteiger partial charge is 0.0648 e. The summed E-state index contributed by atoms with van der Waals surface area (Å²) in [5.74, 6) is 0. The molecule has 0 radical (unpaired) electrons. The van der Waals surface area contributed by atoms with E-state index in [0.717, 1.165) is 18.5 Å². The van der Waals surface area contributed by atoms with Crippen LogP contribution in [0.5, 0.6) is 0 Å². The van der Waals surface area contributed by atoms with Crippen molar-refractivity contribution in [3.05, 3.63) is 47.8 Å². The maximum absolute atomic E-state index is 5.99. The van der Waals surface area contributed by atoms with Gasteiger partial charge in [0, 0.05) is 18.4 Å². The maximum atomic E-state index is 5.99. The van der Waals surface area contributed by atoms with Crippen LogP contribution in [-0.4, -0.2) is 15.8 Å². The van der Waals surface area contributed by atoms with Crippen LogP contribution in [-0.2, 0) is 6.42 Å². The second kappa shape index (κ2) is 5.15. The van der Waals surface area contributed by atoms with Gasteiger partial charge in [0.2, 0.25) is 0 Å². The zero-order chi connectivity index (χ0) is 12.3. The van der Waals surface area contributed by atoms with Gasteiger partial charge in [-0.3, -0.25) is 0 Å². The minimum absolute atomic E-state index is 0.254. The van der Waals surface area contributed by atoms with Gasteiger partial charge in [0.25, 0.3) is 0 Å². The lowest BCUT2D eigenvalue weighted by atomic mass is 10.00. The number of nitrogens with zero attached hydrogens (tertiary/aromatic N) is 2. The summed E-state index contributed by atoms with van der Waals surface area (Å²) < 4.78 is 1.87. The van der Waals surface area contributed by atoms with Gasteiger partial charge in [-0.2, -0.15) is 5.10 Å². The Bertz CT molecular complexity index is 474. The fourth-order valence-electron chi connectivity index (χ4n) is 1.90. The molecule has 0 saturated heterocycles. The van der Waals surface area contributed by atoms with Crippen LogP contribution in [0.15, 0.2) is 36.7 Å². The van der Waals surface area contributed by atoms with Crippen LogP contribution in [0.4, 0.5) is 0 Å². The van der Waals surface area contributed by atoms with Crippen molar-refractivity contribution in [2.24, 2.45) is 5.73 Å². The van der Waals surface area contributed by atoms with E-state index in [1.807, 2.05) is 16.9 Å². The molecule has 2 rings (SSSR count). The van der Waals surface area contributed by atoms with E-state index in [9.17, 15) is 0 Å². The van der Waals surface area contributed by atoms with E-state index in [-0.39, 0.29) is 6.04 Å². The Kier molecular flexibility index (Phi) is 3.59. The fourth-order valence-corrected chi connectivity index (χ4v) is 1.90. The van der Waals surface area contributed by atoms with Crippen LogP contribution in [0.25, 0.3) is 5.69 Å². The Morgan fingerprint density at radius 1 is 1.41 bits per heavy atom. The highest BCUT2D eigenvalue weighted by Crippen LogP contribution is 2.15. The molecule has 0 fully saturated rings. The molecule has 0 aliphatic carbocycles. The first kappa shape index (κ1) is 11.9. The summed E-state index contributed by atoms with van der Waals surface area (Å²) in [6.45, 7) is 4.25. The Labute approximate surface area is 102 Å². The second-order valence-corrected chi connectivity index (χ2v) is 4.43. The molecule has 1 aromatic carbocycles. The molecule has 0 aliphatic heterocycles. The topological polar surface area (TPSA) is 43.8 Å². The van der Waals surface area contributed by atoms with E-state index < -0.39 is 0 Å². The molecular formula is C14H19N3. The van der Waals surface area contributed by atoms with Crippen LogP contribution < -0.4 is 5.73 Å². The molecule has 0 aliphatic rings. The van der Waals surface area contributed by atoms with E-state index in [0.29, 0.717) is 0 Å². The molecule has 1 heterocycles. The molecule has 0 saturated carbocycles. The zero-order valence-corrected chi connectivity index (χ0v) is 10.4. The van der Waals surface area contributed by atoms with Gasteiger partial charge in [-0.15, -0.1) is 0 Å². The molecule has 17 heavy (non-hydrogen) atoms. The normalized spacial score (nSPS) is 12.6. The van der Waals surface area contributed by atoms with Gasteiger partial charge in [-0.25, -0.2) is 4.68 Å². The first-order valence-electron chi connectivity index (χ1n) is 6.06. The molecule has 3 heteroatoms. The third-order valence-corrected chi connectivity index (χ3v) is 3.10. The molecule has 90 valence electrons. The molecule has 0 amide bonds. The van der Waals surface area contributed by atoms with Crippen LogP contribution in [0.1, 0.15) is 24.5 Å². The van der Waals surface area contributed by atoms with Crippen molar-refractivity contribution in [3.8, 4) is 5.69 Å². The lowest BCUT2D eigenvalue weighted by Gasteiger charge is -2.12. The number of aryl methyl sites for hydroxylation is 1. The van der Waals surface area contributed by atoms with Crippen molar-refractivity contribution in [1.29, 1.82) is 0 Å². The molecule has 2 aromatic rings. The summed E-state index contributed by atoms with van der Waals surface area (Å²) in [6, 6.07) is 8.59. The number of nitrogens with two attached hydrogens (primary N) is 1. The summed E-state index contributed by atoms with van der Waals surface area (Å²) in [5.41, 5.74) is 9.70. The quantitative estimate of drug-likeness (QED) is 0.875. The minimum Gasteiger partial charge on any atom is -0.327 e. The standard InChI is InChI=1S/C14H19N3/c1-3-13(15)10-12-5-6-14(9-11(12)2)17-8-4-7-16-17/h4-9,13H,3,10,15H2,1-2H3. The average molecular weight is 229 g/mol. The Balaban J connectivity index is 2.23. The third kappa shape index (κ3) is 2.74. The van der Waals surface area contributed by atoms with Crippen molar-refractivity contribution in [3.63, 3.8) is 0 Å². The summed E-state index contributed by atoms with van der Waals surface area (Å²) in [5, 5.41) is 4.23. The lowest BCUT2D eigenvalue weighted by molar-refractivity contribution is 0.644. The third-order valence-electron chi connectivity index (χ3n) is 3.10. The number of benzene rings is 1. The highest BCUT2D eigenvalue weighted by Gasteiger charge is 2.05. The molecule has 2 N–H and O–H groups in total. The van der Waals surface area contributed by atoms with Gasteiger partial charge in [0.05, 0.1) is 5.69 Å². The summed E-state index contributed by atoms with van der Waals surface area (Å²) in [7, 11) is 0. The Hall–Kier alpha value is -1.61. The molecule has 1 unspecified atom stereocenters. The summed E-state index contributed by atoms with van der Waals surface area (Å²) in [6.07, 6.45) is 5.70. The van der Waals surface area contributed by atoms with Gasteiger partial charge in [0.1, 0.15) is 0 Å². The van der Waals surface area contributed by atoms with Gasteiger partial charge in [-0.1, -0.05) is 13.0 Å². The van der Waals surface area contributed by atoms with Crippen molar-refractivity contribution in [1.82, 2.24) is 9.78 Å². The number of hydrogen-bond donors (Lipinski definition) is 1. The van der Waals surface area contributed by atoms with Crippen LogP contribution >= 0.6 is 0 Å². The predicted molar refractivity (Wildman–Crippen MR) is 70.3 cm³/mol. The van der Waals surface area contributed by atoms with E-state index in [1.54, 1.807) is 6.20 Å². The van der Waals surface area contributed by atoms with Crippen molar-refractivity contribution < 1.29 is 0 Å². The minimum atomic E-state index is 0.254. The molecular weight excluding hydrogens is 210 g/mol. The molecule has 0 bridgehead atoms. The van der Waals surface area contributed by atoms with E-state index in [1.165, 1.54) is 11.1 Å².